The van der Waals surface area contributed by atoms with Crippen LogP contribution in [0.2, 0.25) is 5.02 Å². The van der Waals surface area contributed by atoms with Gasteiger partial charge in [-0.25, -0.2) is 0 Å². The Morgan fingerprint density at radius 2 is 2.40 bits per heavy atom. The molecule has 0 spiro atoms. The van der Waals surface area contributed by atoms with Gasteiger partial charge in [-0.3, -0.25) is 9.78 Å². The number of carbonyl (C=O) groups is 1. The Labute approximate surface area is 62.8 Å². The van der Waals surface area contributed by atoms with E-state index < -0.39 is 0 Å². The summed E-state index contributed by atoms with van der Waals surface area (Å²) in [4.78, 5) is 13.9. The molecule has 0 saturated heterocycles. The van der Waals surface area contributed by atoms with Gasteiger partial charge in [0.1, 0.15) is 5.69 Å². The predicted octanol–water partition coefficient (Wildman–Crippen LogP) is 1.13. The first-order valence-electron chi connectivity index (χ1n) is 2.61. The number of nitrogens with zero attached hydrogens (tertiary/aromatic N) is 1. The predicted molar refractivity (Wildman–Crippen MR) is 39.0 cm³/mol. The molecule has 0 atom stereocenters. The van der Waals surface area contributed by atoms with E-state index in [4.69, 9.17) is 17.3 Å². The van der Waals surface area contributed by atoms with Crippen LogP contribution in [0, 0.1) is 0 Å². The van der Waals surface area contributed by atoms with Crippen molar-refractivity contribution in [3.63, 3.8) is 0 Å². The van der Waals surface area contributed by atoms with Crippen molar-refractivity contribution in [2.45, 2.75) is 0 Å². The van der Waals surface area contributed by atoms with Crippen LogP contribution in [0.25, 0.3) is 0 Å². The molecule has 0 amide bonds. The van der Waals surface area contributed by atoms with Gasteiger partial charge in [-0.2, -0.15) is 0 Å². The molecule has 10 heavy (non-hydrogen) atoms. The van der Waals surface area contributed by atoms with Crippen LogP contribution in [0.3, 0.4) is 0 Å². The molecule has 2 N–H and O–H groups in total. The van der Waals surface area contributed by atoms with E-state index >= 15 is 0 Å². The number of aromatic nitrogens is 1. The highest BCUT2D eigenvalue weighted by molar-refractivity contribution is 6.33. The summed E-state index contributed by atoms with van der Waals surface area (Å²) in [5, 5.41) is 0.358. The van der Waals surface area contributed by atoms with Crippen molar-refractivity contribution in [1.82, 2.24) is 4.98 Å². The summed E-state index contributed by atoms with van der Waals surface area (Å²) in [5.41, 5.74) is 5.79. The average molecular weight is 157 g/mol. The van der Waals surface area contributed by atoms with Crippen molar-refractivity contribution < 1.29 is 4.79 Å². The molecule has 0 unspecified atom stereocenters. The largest absolute Gasteiger partial charge is 0.396 e. The fourth-order valence-corrected chi connectivity index (χ4v) is 0.712. The van der Waals surface area contributed by atoms with E-state index in [-0.39, 0.29) is 11.4 Å². The summed E-state index contributed by atoms with van der Waals surface area (Å²) in [7, 11) is 0. The van der Waals surface area contributed by atoms with E-state index in [0.29, 0.717) is 11.3 Å². The third kappa shape index (κ3) is 1.09. The smallest absolute Gasteiger partial charge is 0.170 e. The van der Waals surface area contributed by atoms with Gasteiger partial charge in [0, 0.05) is 6.20 Å². The van der Waals surface area contributed by atoms with Crippen molar-refractivity contribution in [1.29, 1.82) is 0 Å². The quantitative estimate of drug-likeness (QED) is 0.621. The number of anilines is 1. The van der Waals surface area contributed by atoms with Crippen LogP contribution >= 0.6 is 11.6 Å². The molecule has 0 aromatic carbocycles. The number of halogens is 1. The third-order valence-corrected chi connectivity index (χ3v) is 1.41. The molecule has 0 fully saturated rings. The molecule has 0 aliphatic rings. The monoisotopic (exact) mass is 156 g/mol. The first kappa shape index (κ1) is 7.02. The maximum Gasteiger partial charge on any atom is 0.170 e. The molecular weight excluding hydrogens is 152 g/mol. The summed E-state index contributed by atoms with van der Waals surface area (Å²) < 4.78 is 0. The number of pyridine rings is 1. The number of rotatable bonds is 1. The lowest BCUT2D eigenvalue weighted by Gasteiger charge is -1.96. The van der Waals surface area contributed by atoms with Crippen LogP contribution in [-0.4, -0.2) is 11.3 Å². The van der Waals surface area contributed by atoms with Crippen LogP contribution in [0.5, 0.6) is 0 Å². The molecule has 0 saturated carbocycles. The third-order valence-electron chi connectivity index (χ3n) is 1.08. The summed E-state index contributed by atoms with van der Waals surface area (Å²) in [5.74, 6) is 0. The van der Waals surface area contributed by atoms with Gasteiger partial charge >= 0.3 is 0 Å². The lowest BCUT2D eigenvalue weighted by Crippen LogP contribution is -1.95. The molecule has 3 nitrogen and oxygen atoms in total. The Balaban J connectivity index is 3.27. The van der Waals surface area contributed by atoms with E-state index in [1.165, 1.54) is 12.3 Å². The van der Waals surface area contributed by atoms with Crippen LogP contribution in [0.1, 0.15) is 10.5 Å². The molecule has 1 heterocycles. The molecule has 52 valence electrons. The average Bonchev–Trinajstić information content (AvgIpc) is 1.95. The molecule has 0 aliphatic heterocycles. The molecule has 0 radical (unpaired) electrons. The first-order chi connectivity index (χ1) is 4.75. The Bertz CT molecular complexity index is 262. The van der Waals surface area contributed by atoms with Crippen molar-refractivity contribution in [2.24, 2.45) is 0 Å². The Kier molecular flexibility index (Phi) is 1.87. The highest BCUT2D eigenvalue weighted by Crippen LogP contribution is 2.18. The number of hydrogen-bond acceptors (Lipinski definition) is 3. The van der Waals surface area contributed by atoms with Gasteiger partial charge in [-0.1, -0.05) is 11.6 Å². The van der Waals surface area contributed by atoms with Crippen LogP contribution < -0.4 is 5.73 Å². The van der Waals surface area contributed by atoms with E-state index in [9.17, 15) is 4.79 Å². The molecule has 1 aromatic heterocycles. The molecule has 4 heteroatoms. The van der Waals surface area contributed by atoms with Gasteiger partial charge < -0.3 is 5.73 Å². The maximum absolute atomic E-state index is 10.2. The summed E-state index contributed by atoms with van der Waals surface area (Å²) >= 11 is 5.57. The van der Waals surface area contributed by atoms with Crippen LogP contribution in [0.15, 0.2) is 12.3 Å². The Hall–Kier alpha value is -1.09. The van der Waals surface area contributed by atoms with Gasteiger partial charge in [0.05, 0.1) is 10.7 Å². The zero-order chi connectivity index (χ0) is 7.56. The zero-order valence-corrected chi connectivity index (χ0v) is 5.80. The minimum atomic E-state index is 0.188. The molecule has 1 rings (SSSR count). The van der Waals surface area contributed by atoms with E-state index in [1.54, 1.807) is 0 Å². The summed E-state index contributed by atoms with van der Waals surface area (Å²) in [6.07, 6.45) is 2.00. The second kappa shape index (κ2) is 2.66. The fraction of sp³-hybridized carbons (Fsp3) is 0. The molecular formula is C6H5ClN2O. The van der Waals surface area contributed by atoms with Crippen molar-refractivity contribution in [3.8, 4) is 0 Å². The molecule has 0 bridgehead atoms. The second-order valence-electron chi connectivity index (χ2n) is 1.71. The number of aldehydes is 1. The van der Waals surface area contributed by atoms with Gasteiger partial charge in [0.15, 0.2) is 6.29 Å². The standard InChI is InChI=1S/C6H5ClN2O/c7-4-1-2-9-5(3-10)6(4)8/h1-3H,8H2. The topological polar surface area (TPSA) is 56.0 Å². The minimum absolute atomic E-state index is 0.188. The Morgan fingerprint density at radius 1 is 1.70 bits per heavy atom. The van der Waals surface area contributed by atoms with E-state index in [0.717, 1.165) is 0 Å². The molecule has 0 aliphatic carbocycles. The normalized spacial score (nSPS) is 9.30. The second-order valence-corrected chi connectivity index (χ2v) is 2.12. The first-order valence-corrected chi connectivity index (χ1v) is 2.98. The summed E-state index contributed by atoms with van der Waals surface area (Å²) in [6, 6.07) is 1.53. The highest BCUT2D eigenvalue weighted by Gasteiger charge is 2.00. The zero-order valence-electron chi connectivity index (χ0n) is 5.04. The van der Waals surface area contributed by atoms with Gasteiger partial charge in [-0.05, 0) is 6.07 Å². The van der Waals surface area contributed by atoms with E-state index in [1.807, 2.05) is 0 Å². The Morgan fingerprint density at radius 3 is 2.90 bits per heavy atom. The van der Waals surface area contributed by atoms with Crippen LogP contribution in [0.4, 0.5) is 5.69 Å². The molecule has 1 aromatic rings. The summed E-state index contributed by atoms with van der Waals surface area (Å²) in [6.45, 7) is 0. The van der Waals surface area contributed by atoms with Crippen molar-refractivity contribution >= 4 is 23.6 Å². The van der Waals surface area contributed by atoms with Gasteiger partial charge in [0.25, 0.3) is 0 Å². The number of nitrogen functional groups attached to an aromatic ring is 1. The van der Waals surface area contributed by atoms with Crippen molar-refractivity contribution in [3.05, 3.63) is 23.0 Å². The lowest BCUT2D eigenvalue weighted by atomic mass is 10.3. The highest BCUT2D eigenvalue weighted by atomic mass is 35.5. The number of nitrogens with two attached hydrogens (primary N) is 1. The minimum Gasteiger partial charge on any atom is -0.396 e. The van der Waals surface area contributed by atoms with Gasteiger partial charge in [-0.15, -0.1) is 0 Å². The lowest BCUT2D eigenvalue weighted by molar-refractivity contribution is 0.112. The maximum atomic E-state index is 10.2. The number of carbonyl (C=O) groups excluding carboxylic acids is 1. The van der Waals surface area contributed by atoms with Crippen LogP contribution in [-0.2, 0) is 0 Å². The van der Waals surface area contributed by atoms with Gasteiger partial charge in [0.2, 0.25) is 0 Å². The SMILES string of the molecule is Nc1c(Cl)ccnc1C=O. The number of hydrogen-bond donors (Lipinski definition) is 1. The fourth-order valence-electron chi connectivity index (χ4n) is 0.559. The van der Waals surface area contributed by atoms with E-state index in [2.05, 4.69) is 4.98 Å². The van der Waals surface area contributed by atoms with Crippen molar-refractivity contribution in [2.75, 3.05) is 5.73 Å².